The number of hydrogen-bond acceptors (Lipinski definition) is 3. The third kappa shape index (κ3) is 3.29. The Balaban J connectivity index is 1.90. The summed E-state index contributed by atoms with van der Waals surface area (Å²) in [5, 5.41) is 4.73. The third-order valence-electron chi connectivity index (χ3n) is 2.25. The molecule has 4 nitrogen and oxygen atoms in total. The van der Waals surface area contributed by atoms with Gasteiger partial charge in [0.1, 0.15) is 6.54 Å². The van der Waals surface area contributed by atoms with Crippen LogP contribution < -0.4 is 10.9 Å². The molecule has 17 heavy (non-hydrogen) atoms. The molecule has 0 aliphatic heterocycles. The van der Waals surface area contributed by atoms with Gasteiger partial charge in [0.05, 0.1) is 6.54 Å². The van der Waals surface area contributed by atoms with Crippen molar-refractivity contribution >= 4 is 17.2 Å². The van der Waals surface area contributed by atoms with Crippen LogP contribution in [0.2, 0.25) is 0 Å². The van der Waals surface area contributed by atoms with E-state index in [2.05, 4.69) is 5.32 Å². The first-order valence-corrected chi connectivity index (χ1v) is 6.08. The molecule has 2 rings (SSSR count). The summed E-state index contributed by atoms with van der Waals surface area (Å²) in [7, 11) is 0. The van der Waals surface area contributed by atoms with E-state index in [4.69, 9.17) is 0 Å². The number of rotatable bonds is 4. The minimum atomic E-state index is -0.168. The van der Waals surface area contributed by atoms with Gasteiger partial charge in [-0.05, 0) is 17.5 Å². The minimum Gasteiger partial charge on any atom is -0.350 e. The molecule has 0 radical (unpaired) electrons. The minimum absolute atomic E-state index is 0.0606. The Bertz CT molecular complexity index is 546. The second kappa shape index (κ2) is 5.45. The monoisotopic (exact) mass is 248 g/mol. The van der Waals surface area contributed by atoms with Gasteiger partial charge in [-0.15, -0.1) is 11.3 Å². The number of amides is 1. The van der Waals surface area contributed by atoms with Crippen molar-refractivity contribution in [2.24, 2.45) is 0 Å². The summed E-state index contributed by atoms with van der Waals surface area (Å²) in [6, 6.07) is 8.72. The number of carbonyl (C=O) groups is 1. The number of carbonyl (C=O) groups excluding carboxylic acids is 1. The van der Waals surface area contributed by atoms with Crippen molar-refractivity contribution < 1.29 is 4.79 Å². The third-order valence-corrected chi connectivity index (χ3v) is 3.13. The maximum Gasteiger partial charge on any atom is 0.250 e. The van der Waals surface area contributed by atoms with E-state index >= 15 is 0 Å². The zero-order chi connectivity index (χ0) is 12.1. The molecule has 0 unspecified atom stereocenters. The van der Waals surface area contributed by atoms with E-state index in [-0.39, 0.29) is 18.0 Å². The Morgan fingerprint density at radius 2 is 2.18 bits per heavy atom. The van der Waals surface area contributed by atoms with Crippen LogP contribution in [0.3, 0.4) is 0 Å². The molecule has 0 aliphatic carbocycles. The molecule has 0 bridgehead atoms. The fourth-order valence-corrected chi connectivity index (χ4v) is 2.05. The second-order valence-corrected chi connectivity index (χ2v) is 4.56. The van der Waals surface area contributed by atoms with Gasteiger partial charge in [-0.25, -0.2) is 0 Å². The van der Waals surface area contributed by atoms with Crippen LogP contribution in [-0.4, -0.2) is 10.5 Å². The van der Waals surface area contributed by atoms with Gasteiger partial charge < -0.3 is 9.88 Å². The Hall–Kier alpha value is -1.88. The predicted molar refractivity (Wildman–Crippen MR) is 66.9 cm³/mol. The van der Waals surface area contributed by atoms with Crippen molar-refractivity contribution in [3.05, 3.63) is 57.1 Å². The lowest BCUT2D eigenvalue weighted by Gasteiger charge is -2.05. The van der Waals surface area contributed by atoms with E-state index < -0.39 is 0 Å². The summed E-state index contributed by atoms with van der Waals surface area (Å²) in [5.74, 6) is -0.160. The van der Waals surface area contributed by atoms with Crippen LogP contribution in [0, 0.1) is 0 Å². The molecule has 88 valence electrons. The number of nitrogens with one attached hydrogen (secondary N) is 1. The lowest BCUT2D eigenvalue weighted by molar-refractivity contribution is -0.121. The van der Waals surface area contributed by atoms with Gasteiger partial charge in [0.15, 0.2) is 0 Å². The molecule has 5 heteroatoms. The highest BCUT2D eigenvalue weighted by molar-refractivity contribution is 7.09. The average Bonchev–Trinajstić information content (AvgIpc) is 2.82. The molecule has 1 N–H and O–H groups in total. The molecule has 0 saturated carbocycles. The lowest BCUT2D eigenvalue weighted by Crippen LogP contribution is -2.31. The van der Waals surface area contributed by atoms with E-state index in [1.807, 2.05) is 17.5 Å². The lowest BCUT2D eigenvalue weighted by atomic mass is 10.4. The summed E-state index contributed by atoms with van der Waals surface area (Å²) < 4.78 is 1.38. The molecule has 0 spiro atoms. The van der Waals surface area contributed by atoms with Gasteiger partial charge in [-0.2, -0.15) is 0 Å². The van der Waals surface area contributed by atoms with Gasteiger partial charge >= 0.3 is 0 Å². The average molecular weight is 248 g/mol. The number of nitrogens with zero attached hydrogens (tertiary/aromatic N) is 1. The quantitative estimate of drug-likeness (QED) is 0.884. The molecule has 1 amide bonds. The number of thiophene rings is 1. The molecule has 0 fully saturated rings. The summed E-state index contributed by atoms with van der Waals surface area (Å²) in [6.07, 6.45) is 1.60. The van der Waals surface area contributed by atoms with Crippen LogP contribution in [0.1, 0.15) is 4.88 Å². The first-order valence-electron chi connectivity index (χ1n) is 5.20. The van der Waals surface area contributed by atoms with Crippen molar-refractivity contribution in [2.45, 2.75) is 13.1 Å². The van der Waals surface area contributed by atoms with Crippen LogP contribution in [0.25, 0.3) is 0 Å². The second-order valence-electron chi connectivity index (χ2n) is 3.52. The molecule has 0 atom stereocenters. The zero-order valence-corrected chi connectivity index (χ0v) is 9.94. The van der Waals surface area contributed by atoms with Crippen molar-refractivity contribution in [1.82, 2.24) is 9.88 Å². The van der Waals surface area contributed by atoms with Crippen molar-refractivity contribution in [3.8, 4) is 0 Å². The first-order chi connectivity index (χ1) is 8.25. The highest BCUT2D eigenvalue weighted by Crippen LogP contribution is 2.07. The van der Waals surface area contributed by atoms with E-state index in [1.54, 1.807) is 29.7 Å². The summed E-state index contributed by atoms with van der Waals surface area (Å²) in [5.41, 5.74) is -0.168. The fraction of sp³-hybridized carbons (Fsp3) is 0.167. The Morgan fingerprint density at radius 1 is 1.29 bits per heavy atom. The van der Waals surface area contributed by atoms with E-state index in [1.165, 1.54) is 10.6 Å². The molecular formula is C12H12N2O2S. The summed E-state index contributed by atoms with van der Waals surface area (Å²) >= 11 is 1.59. The Morgan fingerprint density at radius 3 is 2.88 bits per heavy atom. The molecule has 2 aromatic rings. The van der Waals surface area contributed by atoms with Crippen LogP contribution in [0.15, 0.2) is 46.7 Å². The molecule has 2 aromatic heterocycles. The van der Waals surface area contributed by atoms with Crippen LogP contribution in [0.5, 0.6) is 0 Å². The van der Waals surface area contributed by atoms with Crippen molar-refractivity contribution in [2.75, 3.05) is 0 Å². The van der Waals surface area contributed by atoms with Crippen molar-refractivity contribution in [3.63, 3.8) is 0 Å². The van der Waals surface area contributed by atoms with E-state index in [9.17, 15) is 9.59 Å². The SMILES string of the molecule is O=C(Cn1ccccc1=O)NCc1cccs1. The maximum absolute atomic E-state index is 11.6. The molecule has 0 saturated heterocycles. The van der Waals surface area contributed by atoms with E-state index in [0.717, 1.165) is 4.88 Å². The van der Waals surface area contributed by atoms with E-state index in [0.29, 0.717) is 6.54 Å². The van der Waals surface area contributed by atoms with Gasteiger partial charge in [-0.3, -0.25) is 9.59 Å². The van der Waals surface area contributed by atoms with Crippen LogP contribution >= 0.6 is 11.3 Å². The largest absolute Gasteiger partial charge is 0.350 e. The smallest absolute Gasteiger partial charge is 0.250 e. The highest BCUT2D eigenvalue weighted by atomic mass is 32.1. The van der Waals surface area contributed by atoms with Crippen LogP contribution in [0.4, 0.5) is 0 Å². The number of hydrogen-bond donors (Lipinski definition) is 1. The Labute approximate surface area is 103 Å². The van der Waals surface area contributed by atoms with Crippen molar-refractivity contribution in [1.29, 1.82) is 0 Å². The zero-order valence-electron chi connectivity index (χ0n) is 9.13. The van der Waals surface area contributed by atoms with Gasteiger partial charge in [-0.1, -0.05) is 12.1 Å². The first kappa shape index (κ1) is 11.6. The van der Waals surface area contributed by atoms with Gasteiger partial charge in [0.25, 0.3) is 5.56 Å². The fourth-order valence-electron chi connectivity index (χ4n) is 1.40. The summed E-state index contributed by atoms with van der Waals surface area (Å²) in [4.78, 5) is 24.1. The summed E-state index contributed by atoms with van der Waals surface area (Å²) in [6.45, 7) is 0.573. The Kier molecular flexibility index (Phi) is 3.72. The topological polar surface area (TPSA) is 51.1 Å². The van der Waals surface area contributed by atoms with Gasteiger partial charge in [0, 0.05) is 17.1 Å². The van der Waals surface area contributed by atoms with Gasteiger partial charge in [0.2, 0.25) is 5.91 Å². The highest BCUT2D eigenvalue weighted by Gasteiger charge is 2.03. The number of pyridine rings is 1. The molecule has 0 aliphatic rings. The van der Waals surface area contributed by atoms with Crippen LogP contribution in [-0.2, 0) is 17.9 Å². The predicted octanol–water partition coefficient (Wildman–Crippen LogP) is 1.23. The standard InChI is InChI=1S/C12H12N2O2S/c15-11(13-8-10-4-3-7-17-10)9-14-6-2-1-5-12(14)16/h1-7H,8-9H2,(H,13,15). The molecular weight excluding hydrogens is 236 g/mol. The molecule has 2 heterocycles. The maximum atomic E-state index is 11.6. The molecule has 0 aromatic carbocycles. The number of aromatic nitrogens is 1. The normalized spacial score (nSPS) is 10.1.